The van der Waals surface area contributed by atoms with Crippen molar-refractivity contribution in [3.63, 3.8) is 0 Å². The van der Waals surface area contributed by atoms with Gasteiger partial charge in [-0.05, 0) is 48.4 Å². The molecule has 0 spiro atoms. The predicted octanol–water partition coefficient (Wildman–Crippen LogP) is 5.67. The van der Waals surface area contributed by atoms with Crippen molar-refractivity contribution in [3.8, 4) is 16.9 Å². The molecule has 0 radical (unpaired) electrons. The van der Waals surface area contributed by atoms with E-state index in [9.17, 15) is 9.59 Å². The highest BCUT2D eigenvalue weighted by atomic mass is 16.5. The Hall–Kier alpha value is -3.41. The summed E-state index contributed by atoms with van der Waals surface area (Å²) < 4.78 is 7.76. The summed E-state index contributed by atoms with van der Waals surface area (Å²) in [4.78, 5) is 32.9. The second-order valence-electron chi connectivity index (χ2n) is 10.1. The summed E-state index contributed by atoms with van der Waals surface area (Å²) in [6.45, 7) is 12.0. The van der Waals surface area contributed by atoms with Crippen molar-refractivity contribution in [1.82, 2.24) is 14.5 Å². The van der Waals surface area contributed by atoms with E-state index in [0.717, 1.165) is 29.5 Å². The number of ether oxygens (including phenoxy) is 1. The van der Waals surface area contributed by atoms with E-state index in [-0.39, 0.29) is 17.7 Å². The number of rotatable bonds is 9. The van der Waals surface area contributed by atoms with E-state index in [4.69, 9.17) is 4.74 Å². The van der Waals surface area contributed by atoms with Gasteiger partial charge in [0.15, 0.2) is 5.69 Å². The molecule has 4 rings (SSSR count). The summed E-state index contributed by atoms with van der Waals surface area (Å²) in [5.74, 6) is 0.986. The van der Waals surface area contributed by atoms with E-state index in [0.29, 0.717) is 43.6 Å². The third-order valence-corrected chi connectivity index (χ3v) is 6.87. The SMILES string of the molecule is CCCCOc1c2n(c(Cc3ccccc3-c3ccc(C(C)C)cc3)nc1=O)CCN(C(C)C)C2=O. The normalized spacial score (nSPS) is 13.4. The van der Waals surface area contributed by atoms with Gasteiger partial charge in [-0.15, -0.1) is 0 Å². The Morgan fingerprint density at radius 2 is 1.69 bits per heavy atom. The first-order valence-corrected chi connectivity index (χ1v) is 13.1. The standard InChI is InChI=1S/C30H37N3O3/c1-6-7-18-36-28-27-30(35)32(21(4)5)16-17-33(27)26(31-29(28)34)19-24-10-8-9-11-25(24)23-14-12-22(13-15-23)20(2)3/h8-15,20-21H,6-7,16-19H2,1-5H3. The van der Waals surface area contributed by atoms with Crippen LogP contribution < -0.4 is 10.3 Å². The number of fused-ring (bicyclic) bond motifs is 1. The number of amides is 1. The van der Waals surface area contributed by atoms with Crippen LogP contribution in [0.5, 0.6) is 5.75 Å². The van der Waals surface area contributed by atoms with Crippen molar-refractivity contribution in [1.29, 1.82) is 0 Å². The molecule has 1 aromatic heterocycles. The van der Waals surface area contributed by atoms with Crippen molar-refractivity contribution in [2.75, 3.05) is 13.2 Å². The summed E-state index contributed by atoms with van der Waals surface area (Å²) in [6.07, 6.45) is 2.20. The van der Waals surface area contributed by atoms with Gasteiger partial charge in [-0.3, -0.25) is 9.59 Å². The van der Waals surface area contributed by atoms with E-state index >= 15 is 0 Å². The van der Waals surface area contributed by atoms with Gasteiger partial charge in [-0.2, -0.15) is 4.98 Å². The molecule has 0 aliphatic carbocycles. The van der Waals surface area contributed by atoms with Gasteiger partial charge in [-0.1, -0.05) is 75.7 Å². The molecule has 0 unspecified atom stereocenters. The number of hydrogen-bond acceptors (Lipinski definition) is 4. The van der Waals surface area contributed by atoms with Gasteiger partial charge in [0.25, 0.3) is 5.91 Å². The van der Waals surface area contributed by atoms with Gasteiger partial charge >= 0.3 is 5.56 Å². The van der Waals surface area contributed by atoms with E-state index in [1.54, 1.807) is 4.90 Å². The van der Waals surface area contributed by atoms with Crippen LogP contribution in [-0.4, -0.2) is 39.6 Å². The monoisotopic (exact) mass is 487 g/mol. The average molecular weight is 488 g/mol. The minimum absolute atomic E-state index is 0.0380. The number of nitrogens with zero attached hydrogens (tertiary/aromatic N) is 3. The number of carbonyl (C=O) groups excluding carboxylic acids is 1. The van der Waals surface area contributed by atoms with Crippen LogP contribution in [0.25, 0.3) is 11.1 Å². The maximum atomic E-state index is 13.5. The fourth-order valence-corrected chi connectivity index (χ4v) is 4.73. The van der Waals surface area contributed by atoms with Crippen molar-refractivity contribution < 1.29 is 9.53 Å². The van der Waals surface area contributed by atoms with Crippen LogP contribution in [0.3, 0.4) is 0 Å². The van der Waals surface area contributed by atoms with Crippen LogP contribution in [0.4, 0.5) is 0 Å². The van der Waals surface area contributed by atoms with Crippen molar-refractivity contribution in [3.05, 3.63) is 81.5 Å². The molecule has 6 heteroatoms. The Kier molecular flexibility index (Phi) is 7.92. The maximum absolute atomic E-state index is 13.5. The molecule has 0 saturated carbocycles. The van der Waals surface area contributed by atoms with E-state index < -0.39 is 5.56 Å². The number of benzene rings is 2. The lowest BCUT2D eigenvalue weighted by Crippen LogP contribution is -2.46. The van der Waals surface area contributed by atoms with Crippen LogP contribution in [0.2, 0.25) is 0 Å². The lowest BCUT2D eigenvalue weighted by Gasteiger charge is -2.34. The van der Waals surface area contributed by atoms with E-state index in [2.05, 4.69) is 62.2 Å². The molecule has 0 fully saturated rings. The molecular weight excluding hydrogens is 450 g/mol. The minimum atomic E-state index is -0.468. The molecule has 2 heterocycles. The summed E-state index contributed by atoms with van der Waals surface area (Å²) in [5.41, 5.74) is 4.45. The molecule has 1 aliphatic heterocycles. The number of aromatic nitrogens is 2. The minimum Gasteiger partial charge on any atom is -0.486 e. The van der Waals surface area contributed by atoms with Gasteiger partial charge in [0.2, 0.25) is 5.75 Å². The van der Waals surface area contributed by atoms with Gasteiger partial charge < -0.3 is 14.2 Å². The van der Waals surface area contributed by atoms with Gasteiger partial charge in [-0.25, -0.2) is 0 Å². The number of hydrogen-bond donors (Lipinski definition) is 0. The maximum Gasteiger partial charge on any atom is 0.316 e. The zero-order valence-electron chi connectivity index (χ0n) is 22.1. The van der Waals surface area contributed by atoms with Crippen molar-refractivity contribution in [2.45, 2.75) is 72.4 Å². The molecule has 0 N–H and O–H groups in total. The molecule has 0 bridgehead atoms. The molecular formula is C30H37N3O3. The lowest BCUT2D eigenvalue weighted by molar-refractivity contribution is 0.0635. The quantitative estimate of drug-likeness (QED) is 0.365. The van der Waals surface area contributed by atoms with E-state index in [1.165, 1.54) is 5.56 Å². The Balaban J connectivity index is 1.77. The lowest BCUT2D eigenvalue weighted by atomic mass is 9.94. The average Bonchev–Trinajstić information content (AvgIpc) is 2.86. The zero-order valence-corrected chi connectivity index (χ0v) is 22.1. The summed E-state index contributed by atoms with van der Waals surface area (Å²) in [6, 6.07) is 16.9. The molecule has 3 aromatic rings. The molecule has 2 aromatic carbocycles. The first-order valence-electron chi connectivity index (χ1n) is 13.1. The number of unbranched alkanes of at least 4 members (excludes halogenated alkanes) is 1. The zero-order chi connectivity index (χ0) is 25.8. The second kappa shape index (κ2) is 11.1. The molecule has 0 saturated heterocycles. The largest absolute Gasteiger partial charge is 0.486 e. The van der Waals surface area contributed by atoms with Crippen LogP contribution in [0, 0.1) is 0 Å². The van der Waals surface area contributed by atoms with Crippen LogP contribution in [-0.2, 0) is 13.0 Å². The highest BCUT2D eigenvalue weighted by Crippen LogP contribution is 2.29. The highest BCUT2D eigenvalue weighted by Gasteiger charge is 2.33. The Morgan fingerprint density at radius 1 is 0.972 bits per heavy atom. The molecule has 190 valence electrons. The molecule has 1 amide bonds. The molecule has 36 heavy (non-hydrogen) atoms. The molecule has 1 aliphatic rings. The molecule has 6 nitrogen and oxygen atoms in total. The van der Waals surface area contributed by atoms with Crippen LogP contribution in [0.15, 0.2) is 53.3 Å². The molecule has 0 atom stereocenters. The smallest absolute Gasteiger partial charge is 0.316 e. The first kappa shape index (κ1) is 25.7. The van der Waals surface area contributed by atoms with Gasteiger partial charge in [0.05, 0.1) is 6.61 Å². The Morgan fingerprint density at radius 3 is 2.36 bits per heavy atom. The number of carbonyl (C=O) groups is 1. The highest BCUT2D eigenvalue weighted by molar-refractivity contribution is 5.96. The third-order valence-electron chi connectivity index (χ3n) is 6.87. The summed E-state index contributed by atoms with van der Waals surface area (Å²) >= 11 is 0. The summed E-state index contributed by atoms with van der Waals surface area (Å²) in [5, 5.41) is 0. The third kappa shape index (κ3) is 5.23. The topological polar surface area (TPSA) is 64.4 Å². The summed E-state index contributed by atoms with van der Waals surface area (Å²) in [7, 11) is 0. The van der Waals surface area contributed by atoms with Gasteiger partial charge in [0, 0.05) is 25.6 Å². The van der Waals surface area contributed by atoms with Crippen molar-refractivity contribution in [2.24, 2.45) is 0 Å². The Labute approximate surface area is 213 Å². The fourth-order valence-electron chi connectivity index (χ4n) is 4.73. The van der Waals surface area contributed by atoms with Crippen LogP contribution in [0.1, 0.15) is 80.8 Å². The van der Waals surface area contributed by atoms with Crippen LogP contribution >= 0.6 is 0 Å². The predicted molar refractivity (Wildman–Crippen MR) is 144 cm³/mol. The first-order chi connectivity index (χ1) is 17.3. The Bertz CT molecular complexity index is 1280. The fraction of sp³-hybridized carbons (Fsp3) is 0.433. The van der Waals surface area contributed by atoms with Gasteiger partial charge in [0.1, 0.15) is 5.82 Å². The van der Waals surface area contributed by atoms with E-state index in [1.807, 2.05) is 30.5 Å². The van der Waals surface area contributed by atoms with Crippen molar-refractivity contribution >= 4 is 5.91 Å². The second-order valence-corrected chi connectivity index (χ2v) is 10.1.